The third kappa shape index (κ3) is 5.19. The molecule has 2 heterocycles. The molecule has 0 unspecified atom stereocenters. The van der Waals surface area contributed by atoms with Crippen molar-refractivity contribution in [3.05, 3.63) is 36.2 Å². The maximum absolute atomic E-state index is 5.03. The quantitative estimate of drug-likeness (QED) is 0.747. The lowest BCUT2D eigenvalue weighted by molar-refractivity contribution is 0.526. The van der Waals surface area contributed by atoms with Crippen LogP contribution in [0.5, 0.6) is 0 Å². The Labute approximate surface area is 118 Å². The summed E-state index contributed by atoms with van der Waals surface area (Å²) in [5.41, 5.74) is 0. The first-order chi connectivity index (χ1) is 7.69. The van der Waals surface area contributed by atoms with E-state index in [-0.39, 0.29) is 13.5 Å². The fourth-order valence-corrected chi connectivity index (χ4v) is 2.22. The highest BCUT2D eigenvalue weighted by atomic mass is 32.2. The number of thioether (sulfide) groups is 2. The summed E-state index contributed by atoms with van der Waals surface area (Å²) in [5.74, 6) is 2.02. The van der Waals surface area contributed by atoms with Crippen molar-refractivity contribution in [2.45, 2.75) is 23.6 Å². The summed E-state index contributed by atoms with van der Waals surface area (Å²) in [6, 6.07) is 3.94. The molecule has 0 aromatic carbocycles. The summed E-state index contributed by atoms with van der Waals surface area (Å²) in [4.78, 5) is 2.45. The Morgan fingerprint density at radius 3 is 1.29 bits per heavy atom. The summed E-state index contributed by atoms with van der Waals surface area (Å²) in [5, 5.41) is 0. The van der Waals surface area contributed by atoms with Crippen LogP contribution in [0.4, 0.5) is 0 Å². The van der Waals surface area contributed by atoms with Crippen molar-refractivity contribution in [3.63, 3.8) is 0 Å². The molecule has 0 amide bonds. The van der Waals surface area contributed by atoms with Crippen molar-refractivity contribution >= 4 is 37.0 Å². The Bertz CT molecular complexity index is 381. The first-order valence-electron chi connectivity index (χ1n) is 4.85. The smallest absolute Gasteiger partial charge is 0.114 e. The van der Waals surface area contributed by atoms with Gasteiger partial charge in [0.1, 0.15) is 11.5 Å². The molecule has 17 heavy (non-hydrogen) atoms. The minimum absolute atomic E-state index is 0. The second-order valence-electron chi connectivity index (χ2n) is 3.09. The second kappa shape index (κ2) is 8.66. The number of aryl methyl sites for hydroxylation is 2. The van der Waals surface area contributed by atoms with E-state index in [9.17, 15) is 0 Å². The van der Waals surface area contributed by atoms with Gasteiger partial charge >= 0.3 is 0 Å². The normalized spacial score (nSPS) is 9.18. The van der Waals surface area contributed by atoms with Gasteiger partial charge in [-0.25, -0.2) is 0 Å². The highest BCUT2D eigenvalue weighted by Crippen LogP contribution is 2.19. The van der Waals surface area contributed by atoms with Crippen LogP contribution in [0, 0.1) is 13.8 Å². The van der Waals surface area contributed by atoms with Crippen LogP contribution in [-0.2, 0) is 0 Å². The first kappa shape index (κ1) is 16.6. The molecule has 0 aliphatic carbocycles. The van der Waals surface area contributed by atoms with Crippen molar-refractivity contribution in [3.8, 4) is 0 Å². The Morgan fingerprint density at radius 2 is 1.18 bits per heavy atom. The molecular weight excluding hydrogens is 272 g/mol. The number of furan rings is 2. The largest absolute Gasteiger partial charge is 0.468 e. The number of rotatable bonds is 2. The molecule has 0 N–H and O–H groups in total. The van der Waals surface area contributed by atoms with Gasteiger partial charge in [-0.3, -0.25) is 0 Å². The van der Waals surface area contributed by atoms with Gasteiger partial charge in [-0.05, 0) is 38.5 Å². The van der Waals surface area contributed by atoms with E-state index in [0.717, 1.165) is 11.5 Å². The lowest BCUT2D eigenvalue weighted by atomic mass is 10.5. The van der Waals surface area contributed by atoms with Gasteiger partial charge in [0.15, 0.2) is 0 Å². The SMILES string of the molecule is CSc1ccoc1C.CSc1ccoc1C.S. The second-order valence-corrected chi connectivity index (χ2v) is 4.79. The van der Waals surface area contributed by atoms with E-state index in [0.29, 0.717) is 0 Å². The zero-order valence-electron chi connectivity index (χ0n) is 10.4. The molecule has 0 saturated heterocycles. The molecule has 0 bridgehead atoms. The lowest BCUT2D eigenvalue weighted by Gasteiger charge is -1.86. The molecule has 2 aromatic heterocycles. The van der Waals surface area contributed by atoms with Gasteiger partial charge in [0.05, 0.1) is 12.5 Å². The van der Waals surface area contributed by atoms with E-state index in [4.69, 9.17) is 8.83 Å². The minimum Gasteiger partial charge on any atom is -0.468 e. The summed E-state index contributed by atoms with van der Waals surface area (Å²) in [6.07, 6.45) is 7.50. The molecule has 2 nitrogen and oxygen atoms in total. The Hall–Kier alpha value is -0.390. The summed E-state index contributed by atoms with van der Waals surface area (Å²) >= 11 is 3.42. The molecule has 96 valence electrons. The Morgan fingerprint density at radius 1 is 0.824 bits per heavy atom. The molecule has 0 aliphatic rings. The van der Waals surface area contributed by atoms with Gasteiger partial charge in [-0.1, -0.05) is 0 Å². The van der Waals surface area contributed by atoms with Crippen LogP contribution in [0.3, 0.4) is 0 Å². The maximum atomic E-state index is 5.03. The van der Waals surface area contributed by atoms with Crippen molar-refractivity contribution in [1.29, 1.82) is 0 Å². The van der Waals surface area contributed by atoms with Gasteiger partial charge in [-0.2, -0.15) is 13.5 Å². The van der Waals surface area contributed by atoms with Crippen LogP contribution in [0.25, 0.3) is 0 Å². The topological polar surface area (TPSA) is 26.3 Å². The highest BCUT2D eigenvalue weighted by Gasteiger charge is 1.95. The molecule has 0 aliphatic heterocycles. The van der Waals surface area contributed by atoms with E-state index < -0.39 is 0 Å². The van der Waals surface area contributed by atoms with Crippen LogP contribution in [-0.4, -0.2) is 12.5 Å². The molecule has 0 atom stereocenters. The van der Waals surface area contributed by atoms with Crippen molar-refractivity contribution in [1.82, 2.24) is 0 Å². The zero-order chi connectivity index (χ0) is 12.0. The van der Waals surface area contributed by atoms with Crippen molar-refractivity contribution < 1.29 is 8.83 Å². The van der Waals surface area contributed by atoms with Crippen LogP contribution >= 0.6 is 37.0 Å². The summed E-state index contributed by atoms with van der Waals surface area (Å²) in [7, 11) is 0. The molecule has 0 saturated carbocycles. The maximum Gasteiger partial charge on any atom is 0.114 e. The average Bonchev–Trinajstić information content (AvgIpc) is 2.87. The van der Waals surface area contributed by atoms with Crippen molar-refractivity contribution in [2.75, 3.05) is 12.5 Å². The van der Waals surface area contributed by atoms with E-state index in [1.165, 1.54) is 9.79 Å². The third-order valence-electron chi connectivity index (χ3n) is 2.06. The van der Waals surface area contributed by atoms with Crippen LogP contribution in [0.2, 0.25) is 0 Å². The highest BCUT2D eigenvalue weighted by molar-refractivity contribution is 7.98. The van der Waals surface area contributed by atoms with E-state index >= 15 is 0 Å². The molecule has 0 spiro atoms. The van der Waals surface area contributed by atoms with Crippen LogP contribution < -0.4 is 0 Å². The number of hydrogen-bond acceptors (Lipinski definition) is 4. The summed E-state index contributed by atoms with van der Waals surface area (Å²) < 4.78 is 10.1. The fraction of sp³-hybridized carbons (Fsp3) is 0.333. The zero-order valence-corrected chi connectivity index (χ0v) is 13.1. The first-order valence-corrected chi connectivity index (χ1v) is 7.30. The van der Waals surface area contributed by atoms with Crippen molar-refractivity contribution in [2.24, 2.45) is 0 Å². The van der Waals surface area contributed by atoms with Gasteiger partial charge in [-0.15, -0.1) is 23.5 Å². The van der Waals surface area contributed by atoms with E-state index in [1.54, 1.807) is 36.1 Å². The monoisotopic (exact) mass is 290 g/mol. The van der Waals surface area contributed by atoms with Gasteiger partial charge in [0.25, 0.3) is 0 Å². The van der Waals surface area contributed by atoms with E-state index in [1.807, 2.05) is 38.5 Å². The van der Waals surface area contributed by atoms with Crippen LogP contribution in [0.15, 0.2) is 43.3 Å². The average molecular weight is 290 g/mol. The molecule has 2 aromatic rings. The third-order valence-corrected chi connectivity index (χ3v) is 3.79. The van der Waals surface area contributed by atoms with Gasteiger partial charge in [0, 0.05) is 9.79 Å². The standard InChI is InChI=1S/2C6H8OS.H2S/c2*1-5-6(8-2)3-4-7-5;/h2*3-4H,1-2H3;1H2. The predicted molar refractivity (Wildman–Crippen MR) is 80.8 cm³/mol. The van der Waals surface area contributed by atoms with E-state index in [2.05, 4.69) is 0 Å². The Kier molecular flexibility index (Phi) is 8.47. The van der Waals surface area contributed by atoms with Gasteiger partial charge < -0.3 is 8.83 Å². The molecule has 2 rings (SSSR count). The molecule has 0 fully saturated rings. The lowest BCUT2D eigenvalue weighted by Crippen LogP contribution is -1.63. The number of hydrogen-bond donors (Lipinski definition) is 0. The molecule has 5 heteroatoms. The predicted octanol–water partition coefficient (Wildman–Crippen LogP) is 4.73. The molecule has 0 radical (unpaired) electrons. The molecular formula is C12H18O2S3. The van der Waals surface area contributed by atoms with Gasteiger partial charge in [0.2, 0.25) is 0 Å². The fourth-order valence-electron chi connectivity index (χ4n) is 1.17. The summed E-state index contributed by atoms with van der Waals surface area (Å²) in [6.45, 7) is 3.93. The Balaban J connectivity index is 0.000000284. The minimum atomic E-state index is 0. The van der Waals surface area contributed by atoms with Crippen LogP contribution in [0.1, 0.15) is 11.5 Å².